The molecule has 0 N–H and O–H groups in total. The molecule has 4 nitrogen and oxygen atoms in total. The summed E-state index contributed by atoms with van der Waals surface area (Å²) in [4.78, 5) is 2.55. The molecule has 2 heterocycles. The van der Waals surface area contributed by atoms with Crippen molar-refractivity contribution in [1.82, 2.24) is 9.78 Å². The van der Waals surface area contributed by atoms with Gasteiger partial charge in [0.15, 0.2) is 0 Å². The number of hydrogen-bond donors (Lipinski definition) is 0. The molecule has 3 aromatic rings. The van der Waals surface area contributed by atoms with Crippen LogP contribution in [0.25, 0.3) is 11.1 Å². The highest BCUT2D eigenvalue weighted by Gasteiger charge is 2.45. The minimum absolute atomic E-state index is 0.294. The van der Waals surface area contributed by atoms with Crippen LogP contribution in [0.4, 0.5) is 5.69 Å². The van der Waals surface area contributed by atoms with Crippen LogP contribution in [-0.2, 0) is 11.3 Å². The van der Waals surface area contributed by atoms with E-state index < -0.39 is 0 Å². The summed E-state index contributed by atoms with van der Waals surface area (Å²) in [5.74, 6) is 0.579. The fraction of sp³-hybridized carbons (Fsp3) is 0.400. The lowest BCUT2D eigenvalue weighted by Crippen LogP contribution is -2.38. The number of para-hydroxylation sites is 1. The molecule has 160 valence electrons. The first-order chi connectivity index (χ1) is 15.2. The third-order valence-corrected chi connectivity index (χ3v) is 7.65. The zero-order valence-corrected chi connectivity index (χ0v) is 18.8. The number of aromatic nitrogens is 2. The number of hydrogen-bond acceptors (Lipinski definition) is 3. The van der Waals surface area contributed by atoms with Gasteiger partial charge in [-0.15, -0.1) is 0 Å². The van der Waals surface area contributed by atoms with Crippen LogP contribution < -0.4 is 4.90 Å². The third kappa shape index (κ3) is 3.55. The second kappa shape index (κ2) is 7.84. The predicted octanol–water partition coefficient (Wildman–Crippen LogP) is 6.38. The van der Waals surface area contributed by atoms with Crippen molar-refractivity contribution in [2.75, 3.05) is 11.4 Å². The molecule has 2 aliphatic carbocycles. The first kappa shape index (κ1) is 19.7. The van der Waals surface area contributed by atoms with Crippen molar-refractivity contribution in [2.45, 2.75) is 50.5 Å². The zero-order chi connectivity index (χ0) is 20.9. The zero-order valence-electron chi connectivity index (χ0n) is 17.3. The van der Waals surface area contributed by atoms with Gasteiger partial charge in [-0.3, -0.25) is 4.68 Å². The van der Waals surface area contributed by atoms with E-state index in [1.807, 2.05) is 24.4 Å². The van der Waals surface area contributed by atoms with Crippen molar-refractivity contribution in [2.24, 2.45) is 5.92 Å². The summed E-state index contributed by atoms with van der Waals surface area (Å²) in [5, 5.41) is 6.00. The van der Waals surface area contributed by atoms with Crippen molar-refractivity contribution in [3.05, 3.63) is 70.5 Å². The average Bonchev–Trinajstić information content (AvgIpc) is 3.24. The Morgan fingerprint density at radius 1 is 0.935 bits per heavy atom. The molecule has 6 rings (SSSR count). The maximum Gasteiger partial charge on any atom is 0.0895 e. The lowest BCUT2D eigenvalue weighted by Gasteiger charge is -2.33. The second-order valence-electron chi connectivity index (χ2n) is 9.00. The molecule has 3 fully saturated rings. The molecule has 0 amide bonds. The minimum Gasteiger partial charge on any atom is -0.371 e. The molecular formula is C25H25Cl2N3O. The van der Waals surface area contributed by atoms with Crippen LogP contribution in [-0.4, -0.2) is 28.5 Å². The van der Waals surface area contributed by atoms with E-state index >= 15 is 0 Å². The summed E-state index contributed by atoms with van der Waals surface area (Å²) in [6.45, 7) is 1.62. The van der Waals surface area contributed by atoms with Crippen molar-refractivity contribution >= 4 is 28.9 Å². The van der Waals surface area contributed by atoms with Crippen LogP contribution >= 0.6 is 23.2 Å². The first-order valence-corrected chi connectivity index (χ1v) is 11.9. The van der Waals surface area contributed by atoms with Gasteiger partial charge < -0.3 is 9.64 Å². The summed E-state index contributed by atoms with van der Waals surface area (Å²) in [5.41, 5.74) is 4.28. The Kier molecular flexibility index (Phi) is 4.97. The topological polar surface area (TPSA) is 30.3 Å². The quantitative estimate of drug-likeness (QED) is 0.433. The average molecular weight is 454 g/mol. The fourth-order valence-corrected chi connectivity index (χ4v) is 5.96. The Labute approximate surface area is 192 Å². The van der Waals surface area contributed by atoms with Gasteiger partial charge in [0.2, 0.25) is 0 Å². The number of benzene rings is 2. The van der Waals surface area contributed by atoms with Gasteiger partial charge in [-0.05, 0) is 49.9 Å². The van der Waals surface area contributed by atoms with E-state index in [-0.39, 0.29) is 0 Å². The summed E-state index contributed by atoms with van der Waals surface area (Å²) < 4.78 is 8.69. The van der Waals surface area contributed by atoms with Gasteiger partial charge in [-0.25, -0.2) is 0 Å². The van der Waals surface area contributed by atoms with Crippen LogP contribution in [0.15, 0.2) is 54.7 Å². The van der Waals surface area contributed by atoms with Gasteiger partial charge >= 0.3 is 0 Å². The highest BCUT2D eigenvalue weighted by Crippen LogP contribution is 2.44. The molecule has 31 heavy (non-hydrogen) atoms. The van der Waals surface area contributed by atoms with Crippen LogP contribution in [0.5, 0.6) is 0 Å². The largest absolute Gasteiger partial charge is 0.371 e. The molecule has 3 aliphatic rings. The van der Waals surface area contributed by atoms with Crippen molar-refractivity contribution in [1.29, 1.82) is 0 Å². The fourth-order valence-electron chi connectivity index (χ4n) is 5.36. The predicted molar refractivity (Wildman–Crippen MR) is 125 cm³/mol. The molecule has 2 bridgehead atoms. The number of rotatable bonds is 6. The number of piperidine rings is 1. The number of anilines is 1. The highest BCUT2D eigenvalue weighted by molar-refractivity contribution is 6.39. The Morgan fingerprint density at radius 3 is 2.39 bits per heavy atom. The second-order valence-corrected chi connectivity index (χ2v) is 9.81. The van der Waals surface area contributed by atoms with Crippen LogP contribution in [0, 0.1) is 5.92 Å². The van der Waals surface area contributed by atoms with Gasteiger partial charge in [-0.2, -0.15) is 5.10 Å². The molecule has 1 saturated heterocycles. The SMILES string of the molecule is Clc1cccc(Cl)c1-c1cnn(C2CC2)c1CO[C@@H]1C[C@@H]2C[C@H]1CN2c1ccccc1. The van der Waals surface area contributed by atoms with E-state index in [2.05, 4.69) is 39.9 Å². The molecule has 0 unspecified atom stereocenters. The summed E-state index contributed by atoms with van der Waals surface area (Å²) in [6.07, 6.45) is 6.84. The number of fused-ring (bicyclic) bond motifs is 2. The summed E-state index contributed by atoms with van der Waals surface area (Å²) >= 11 is 13.1. The molecule has 3 atom stereocenters. The van der Waals surface area contributed by atoms with Gasteiger partial charge in [0, 0.05) is 35.3 Å². The maximum atomic E-state index is 6.55. The van der Waals surface area contributed by atoms with E-state index in [4.69, 9.17) is 33.0 Å². The third-order valence-electron chi connectivity index (χ3n) is 7.02. The Morgan fingerprint density at radius 2 is 1.71 bits per heavy atom. The van der Waals surface area contributed by atoms with Gasteiger partial charge in [0.25, 0.3) is 0 Å². The van der Waals surface area contributed by atoms with E-state index in [0.29, 0.717) is 40.8 Å². The van der Waals surface area contributed by atoms with Gasteiger partial charge in [-0.1, -0.05) is 47.5 Å². The van der Waals surface area contributed by atoms with Crippen molar-refractivity contribution in [3.63, 3.8) is 0 Å². The molecule has 0 radical (unpaired) electrons. The van der Waals surface area contributed by atoms with E-state index in [1.165, 1.54) is 24.9 Å². The maximum absolute atomic E-state index is 6.55. The summed E-state index contributed by atoms with van der Waals surface area (Å²) in [7, 11) is 0. The van der Waals surface area contributed by atoms with Crippen molar-refractivity contribution in [3.8, 4) is 11.1 Å². The van der Waals surface area contributed by atoms with Gasteiger partial charge in [0.1, 0.15) is 0 Å². The Balaban J connectivity index is 1.21. The smallest absolute Gasteiger partial charge is 0.0895 e. The standard InChI is InChI=1S/C25H25Cl2N3O/c26-21-7-4-8-22(27)25(21)20-13-28-30(18-9-10-18)23(20)15-31-24-12-19-11-16(24)14-29(19)17-5-2-1-3-6-17/h1-8,13,16,18-19,24H,9-12,14-15H2/t16-,19-,24+/m0/s1. The first-order valence-electron chi connectivity index (χ1n) is 11.1. The molecule has 1 aliphatic heterocycles. The number of nitrogens with zero attached hydrogens (tertiary/aromatic N) is 3. The van der Waals surface area contributed by atoms with Crippen LogP contribution in [0.1, 0.15) is 37.4 Å². The van der Waals surface area contributed by atoms with Crippen molar-refractivity contribution < 1.29 is 4.74 Å². The molecule has 2 saturated carbocycles. The molecular weight excluding hydrogens is 429 g/mol. The van der Waals surface area contributed by atoms with Crippen LogP contribution in [0.3, 0.4) is 0 Å². The molecule has 0 spiro atoms. The van der Waals surface area contributed by atoms with E-state index in [1.54, 1.807) is 0 Å². The minimum atomic E-state index is 0.294. The number of ether oxygens (including phenoxy) is 1. The number of halogens is 2. The molecule has 2 aromatic carbocycles. The summed E-state index contributed by atoms with van der Waals surface area (Å²) in [6, 6.07) is 17.4. The normalized spacial score (nSPS) is 24.8. The lowest BCUT2D eigenvalue weighted by atomic mass is 10.0. The molecule has 6 heteroatoms. The Bertz CT molecular complexity index is 1080. The monoisotopic (exact) mass is 453 g/mol. The molecule has 1 aromatic heterocycles. The lowest BCUT2D eigenvalue weighted by molar-refractivity contribution is 0.00958. The van der Waals surface area contributed by atoms with E-state index in [9.17, 15) is 0 Å². The Hall–Kier alpha value is -2.01. The highest BCUT2D eigenvalue weighted by atomic mass is 35.5. The van der Waals surface area contributed by atoms with E-state index in [0.717, 1.165) is 29.8 Å². The van der Waals surface area contributed by atoms with Crippen LogP contribution in [0.2, 0.25) is 10.0 Å². The van der Waals surface area contributed by atoms with Gasteiger partial charge in [0.05, 0.1) is 40.7 Å².